The van der Waals surface area contributed by atoms with Crippen LogP contribution in [-0.2, 0) is 14.3 Å². The maximum Gasteiger partial charge on any atom is 0.407 e. The second kappa shape index (κ2) is 9.36. The number of carboxylic acid groups (broad SMARTS) is 1. The van der Waals surface area contributed by atoms with E-state index in [0.29, 0.717) is 38.6 Å². The second-order valence-electron chi connectivity index (χ2n) is 10.4. The molecule has 2 aromatic rings. The third-order valence-corrected chi connectivity index (χ3v) is 7.97. The van der Waals surface area contributed by atoms with E-state index in [4.69, 9.17) is 4.74 Å². The predicted molar refractivity (Wildman–Crippen MR) is 131 cm³/mol. The van der Waals surface area contributed by atoms with E-state index in [0.717, 1.165) is 0 Å². The number of carbonyl (C=O) groups excluding carboxylic acids is 2. The molecule has 1 saturated carbocycles. The van der Waals surface area contributed by atoms with Crippen molar-refractivity contribution in [3.63, 3.8) is 0 Å². The van der Waals surface area contributed by atoms with Crippen molar-refractivity contribution < 1.29 is 24.2 Å². The Bertz CT molecular complexity index is 1100. The number of benzene rings is 2. The van der Waals surface area contributed by atoms with Gasteiger partial charge in [-0.25, -0.2) is 4.79 Å². The van der Waals surface area contributed by atoms with Gasteiger partial charge >= 0.3 is 12.1 Å². The topological polar surface area (TPSA) is 95.9 Å². The lowest BCUT2D eigenvalue weighted by molar-refractivity contribution is -0.154. The standard InChI is InChI=1S/C28H32N2O5/c1-28(26(32)33)13-6-14-30(17-28)25(31)18-11-12-19(15-18)29-27(34)35-16-24-22-9-4-2-7-20(22)21-8-3-5-10-23(21)24/h2-5,7-10,18-19,24H,6,11-17H2,1H3,(H,29,34)(H,32,33)/t18-,19+,28?/m0/s1. The van der Waals surface area contributed by atoms with E-state index in [2.05, 4.69) is 29.6 Å². The van der Waals surface area contributed by atoms with Gasteiger partial charge in [0.05, 0.1) is 5.41 Å². The Morgan fingerprint density at radius 3 is 2.37 bits per heavy atom. The number of hydrogen-bond donors (Lipinski definition) is 2. The van der Waals surface area contributed by atoms with Gasteiger partial charge in [-0.15, -0.1) is 0 Å². The largest absolute Gasteiger partial charge is 0.481 e. The normalized spacial score (nSPS) is 25.6. The molecule has 2 fully saturated rings. The van der Waals surface area contributed by atoms with Crippen LogP contribution in [0.15, 0.2) is 48.5 Å². The van der Waals surface area contributed by atoms with Gasteiger partial charge in [0, 0.05) is 31.0 Å². The molecule has 1 unspecified atom stereocenters. The van der Waals surface area contributed by atoms with E-state index >= 15 is 0 Å². The molecule has 2 aromatic carbocycles. The number of likely N-dealkylation sites (tertiary alicyclic amines) is 1. The molecule has 0 spiro atoms. The zero-order valence-electron chi connectivity index (χ0n) is 20.0. The number of alkyl carbamates (subject to hydrolysis) is 1. The Kier molecular flexibility index (Phi) is 6.26. The van der Waals surface area contributed by atoms with Crippen molar-refractivity contribution in [1.82, 2.24) is 10.2 Å². The Balaban J connectivity index is 1.15. The van der Waals surface area contributed by atoms with Crippen LogP contribution in [0.4, 0.5) is 4.79 Å². The Hall–Kier alpha value is -3.35. The molecule has 0 radical (unpaired) electrons. The fraction of sp³-hybridized carbons (Fsp3) is 0.464. The molecule has 0 bridgehead atoms. The molecule has 1 heterocycles. The number of carboxylic acids is 1. The number of rotatable bonds is 5. The molecule has 0 aromatic heterocycles. The molecule has 7 heteroatoms. The maximum atomic E-state index is 13.1. The lowest BCUT2D eigenvalue weighted by atomic mass is 9.81. The van der Waals surface area contributed by atoms with Crippen LogP contribution in [0.2, 0.25) is 0 Å². The molecule has 3 atom stereocenters. The predicted octanol–water partition coefficient (Wildman–Crippen LogP) is 4.41. The number of piperidine rings is 1. The zero-order chi connectivity index (χ0) is 24.6. The molecule has 2 amide bonds. The smallest absolute Gasteiger partial charge is 0.407 e. The highest BCUT2D eigenvalue weighted by atomic mass is 16.5. The first kappa shape index (κ1) is 23.4. The molecule has 7 nitrogen and oxygen atoms in total. The molecule has 35 heavy (non-hydrogen) atoms. The van der Waals surface area contributed by atoms with Crippen molar-refractivity contribution in [2.45, 2.75) is 51.0 Å². The van der Waals surface area contributed by atoms with Crippen molar-refractivity contribution in [2.75, 3.05) is 19.7 Å². The molecule has 3 aliphatic rings. The SMILES string of the molecule is CC1(C(=O)O)CCCN(C(=O)[C@H]2CC[C@@H](NC(=O)OCC3c4ccccc4-c4ccccc43)C2)C1. The van der Waals surface area contributed by atoms with Crippen LogP contribution in [0.1, 0.15) is 56.1 Å². The summed E-state index contributed by atoms with van der Waals surface area (Å²) in [6.45, 7) is 2.83. The third kappa shape index (κ3) is 4.51. The van der Waals surface area contributed by atoms with Gasteiger partial charge in [-0.2, -0.15) is 0 Å². The molecule has 1 saturated heterocycles. The van der Waals surface area contributed by atoms with E-state index in [9.17, 15) is 19.5 Å². The Morgan fingerprint density at radius 2 is 1.71 bits per heavy atom. The summed E-state index contributed by atoms with van der Waals surface area (Å²) in [5, 5.41) is 12.5. The summed E-state index contributed by atoms with van der Waals surface area (Å²) in [7, 11) is 0. The van der Waals surface area contributed by atoms with Gasteiger partial charge in [0.1, 0.15) is 6.61 Å². The zero-order valence-corrected chi connectivity index (χ0v) is 20.0. The van der Waals surface area contributed by atoms with Crippen LogP contribution in [0.5, 0.6) is 0 Å². The van der Waals surface area contributed by atoms with Gasteiger partial charge in [-0.1, -0.05) is 48.5 Å². The average Bonchev–Trinajstić information content (AvgIpc) is 3.45. The number of fused-ring (bicyclic) bond motifs is 3. The van der Waals surface area contributed by atoms with Crippen LogP contribution >= 0.6 is 0 Å². The number of ether oxygens (including phenoxy) is 1. The summed E-state index contributed by atoms with van der Waals surface area (Å²) in [6.07, 6.45) is 2.79. The summed E-state index contributed by atoms with van der Waals surface area (Å²) in [4.78, 5) is 39.0. The number of hydrogen-bond acceptors (Lipinski definition) is 4. The first-order valence-electron chi connectivity index (χ1n) is 12.5. The average molecular weight is 477 g/mol. The van der Waals surface area contributed by atoms with Crippen molar-refractivity contribution in [3.8, 4) is 11.1 Å². The third-order valence-electron chi connectivity index (χ3n) is 7.97. The summed E-state index contributed by atoms with van der Waals surface area (Å²) in [5.74, 6) is -1.02. The minimum Gasteiger partial charge on any atom is -0.481 e. The quantitative estimate of drug-likeness (QED) is 0.667. The van der Waals surface area contributed by atoms with Gasteiger partial charge in [0.25, 0.3) is 0 Å². The lowest BCUT2D eigenvalue weighted by Gasteiger charge is -2.38. The van der Waals surface area contributed by atoms with Gasteiger partial charge in [-0.3, -0.25) is 9.59 Å². The van der Waals surface area contributed by atoms with Gasteiger partial charge in [0.15, 0.2) is 0 Å². The molecular formula is C28H32N2O5. The van der Waals surface area contributed by atoms with Gasteiger partial charge in [-0.05, 0) is 61.3 Å². The van der Waals surface area contributed by atoms with Crippen molar-refractivity contribution in [2.24, 2.45) is 11.3 Å². The van der Waals surface area contributed by atoms with Crippen LogP contribution in [0, 0.1) is 11.3 Å². The highest BCUT2D eigenvalue weighted by molar-refractivity contribution is 5.82. The number of nitrogens with one attached hydrogen (secondary N) is 1. The van der Waals surface area contributed by atoms with Crippen LogP contribution in [0.3, 0.4) is 0 Å². The monoisotopic (exact) mass is 476 g/mol. The molecule has 184 valence electrons. The van der Waals surface area contributed by atoms with Gasteiger partial charge in [0.2, 0.25) is 5.91 Å². The Labute approximate surface area is 205 Å². The number of amides is 2. The van der Waals surface area contributed by atoms with Crippen LogP contribution < -0.4 is 5.32 Å². The number of nitrogens with zero attached hydrogens (tertiary/aromatic N) is 1. The molecule has 1 aliphatic heterocycles. The minimum atomic E-state index is -0.883. The fourth-order valence-corrected chi connectivity index (χ4v) is 6.00. The fourth-order valence-electron chi connectivity index (χ4n) is 6.00. The highest BCUT2D eigenvalue weighted by Gasteiger charge is 2.42. The van der Waals surface area contributed by atoms with Gasteiger partial charge < -0.3 is 20.1 Å². The van der Waals surface area contributed by atoms with Crippen molar-refractivity contribution in [3.05, 3.63) is 59.7 Å². The molecular weight excluding hydrogens is 444 g/mol. The molecule has 2 N–H and O–H groups in total. The number of carbonyl (C=O) groups is 3. The second-order valence-corrected chi connectivity index (χ2v) is 10.4. The van der Waals surface area contributed by atoms with E-state index in [1.807, 2.05) is 24.3 Å². The summed E-state index contributed by atoms with van der Waals surface area (Å²) < 4.78 is 5.66. The summed E-state index contributed by atoms with van der Waals surface area (Å²) in [5.41, 5.74) is 3.83. The highest BCUT2D eigenvalue weighted by Crippen LogP contribution is 2.44. The minimum absolute atomic E-state index is 0.00806. The lowest BCUT2D eigenvalue weighted by Crippen LogP contribution is -2.50. The van der Waals surface area contributed by atoms with Crippen LogP contribution in [0.25, 0.3) is 11.1 Å². The van der Waals surface area contributed by atoms with E-state index in [1.165, 1.54) is 22.3 Å². The molecule has 5 rings (SSSR count). The van der Waals surface area contributed by atoms with Crippen LogP contribution in [-0.4, -0.2) is 53.7 Å². The summed E-state index contributed by atoms with van der Waals surface area (Å²) in [6, 6.07) is 16.3. The maximum absolute atomic E-state index is 13.1. The Morgan fingerprint density at radius 1 is 1.06 bits per heavy atom. The van der Waals surface area contributed by atoms with E-state index in [1.54, 1.807) is 11.8 Å². The first-order valence-corrected chi connectivity index (χ1v) is 12.5. The first-order chi connectivity index (χ1) is 16.9. The van der Waals surface area contributed by atoms with Crippen molar-refractivity contribution >= 4 is 18.0 Å². The van der Waals surface area contributed by atoms with E-state index < -0.39 is 17.5 Å². The van der Waals surface area contributed by atoms with E-state index in [-0.39, 0.29) is 36.9 Å². The summed E-state index contributed by atoms with van der Waals surface area (Å²) >= 11 is 0. The number of aliphatic carboxylic acids is 1. The van der Waals surface area contributed by atoms with Crippen molar-refractivity contribution in [1.29, 1.82) is 0 Å². The molecule has 2 aliphatic carbocycles.